The van der Waals surface area contributed by atoms with Crippen LogP contribution in [0, 0.1) is 6.92 Å². The summed E-state index contributed by atoms with van der Waals surface area (Å²) in [5.74, 6) is 0. The molecule has 3 N–H and O–H groups in total. The summed E-state index contributed by atoms with van der Waals surface area (Å²) in [5, 5.41) is 2.93. The summed E-state index contributed by atoms with van der Waals surface area (Å²) in [6.07, 6.45) is 0.585. The molecule has 0 spiro atoms. The number of aromatic nitrogens is 1. The average Bonchev–Trinajstić information content (AvgIpc) is 2.84. The number of rotatable bonds is 6. The molecule has 1 aromatic carbocycles. The number of nitrogens with two attached hydrogens (primary N) is 1. The fraction of sp³-hybridized carbons (Fsp3) is 0.357. The quantitative estimate of drug-likeness (QED) is 0.850. The molecule has 1 atom stereocenters. The first-order chi connectivity index (χ1) is 9.88. The zero-order valence-corrected chi connectivity index (χ0v) is 13.7. The molecule has 114 valence electrons. The van der Waals surface area contributed by atoms with E-state index >= 15 is 0 Å². The number of hydrogen-bond donors (Lipinski definition) is 2. The van der Waals surface area contributed by atoms with Crippen LogP contribution in [0.25, 0.3) is 0 Å². The highest BCUT2D eigenvalue weighted by Crippen LogP contribution is 2.14. The minimum absolute atomic E-state index is 0.109. The lowest BCUT2D eigenvalue weighted by Crippen LogP contribution is -2.26. The Morgan fingerprint density at radius 2 is 2.00 bits per heavy atom. The van der Waals surface area contributed by atoms with Crippen molar-refractivity contribution in [2.45, 2.75) is 31.2 Å². The fourth-order valence-corrected chi connectivity index (χ4v) is 3.55. The largest absolute Gasteiger partial charge is 0.324 e. The number of benzene rings is 1. The zero-order valence-electron chi connectivity index (χ0n) is 12.0. The standard InChI is InChI=1S/C14H19N3O2S2/c1-10(15)12-3-5-14(6-4-12)21(18,19)16-8-7-13-9-20-11(2)17-13/h3-6,9-10,16H,7-8,15H2,1-2H3. The van der Waals surface area contributed by atoms with Crippen LogP contribution in [0.15, 0.2) is 34.5 Å². The van der Waals surface area contributed by atoms with Crippen molar-refractivity contribution in [3.8, 4) is 0 Å². The Labute approximate surface area is 129 Å². The second-order valence-corrected chi connectivity index (χ2v) is 7.69. The number of thiazole rings is 1. The van der Waals surface area contributed by atoms with Crippen molar-refractivity contribution in [2.24, 2.45) is 5.73 Å². The van der Waals surface area contributed by atoms with Gasteiger partial charge in [0.15, 0.2) is 0 Å². The Bertz CT molecular complexity index is 691. The highest BCUT2D eigenvalue weighted by molar-refractivity contribution is 7.89. The molecule has 1 aromatic heterocycles. The van der Waals surface area contributed by atoms with E-state index in [1.165, 1.54) is 0 Å². The molecule has 0 aliphatic carbocycles. The normalized spacial score (nSPS) is 13.3. The third kappa shape index (κ3) is 4.34. The molecule has 0 bridgehead atoms. The average molecular weight is 325 g/mol. The van der Waals surface area contributed by atoms with E-state index in [0.29, 0.717) is 13.0 Å². The first-order valence-corrected chi connectivity index (χ1v) is 9.01. The van der Waals surface area contributed by atoms with Crippen LogP contribution in [0.5, 0.6) is 0 Å². The molecular weight excluding hydrogens is 306 g/mol. The van der Waals surface area contributed by atoms with Gasteiger partial charge in [0.1, 0.15) is 0 Å². The third-order valence-electron chi connectivity index (χ3n) is 3.06. The van der Waals surface area contributed by atoms with Crippen molar-refractivity contribution < 1.29 is 8.42 Å². The number of sulfonamides is 1. The van der Waals surface area contributed by atoms with Crippen LogP contribution < -0.4 is 10.5 Å². The maximum Gasteiger partial charge on any atom is 0.240 e. The highest BCUT2D eigenvalue weighted by Gasteiger charge is 2.13. The summed E-state index contributed by atoms with van der Waals surface area (Å²) in [5.41, 5.74) is 7.57. The lowest BCUT2D eigenvalue weighted by molar-refractivity contribution is 0.581. The van der Waals surface area contributed by atoms with Gasteiger partial charge >= 0.3 is 0 Å². The molecular formula is C14H19N3O2S2. The van der Waals surface area contributed by atoms with E-state index < -0.39 is 10.0 Å². The van der Waals surface area contributed by atoms with Crippen molar-refractivity contribution in [1.82, 2.24) is 9.71 Å². The second-order valence-electron chi connectivity index (χ2n) is 4.86. The lowest BCUT2D eigenvalue weighted by atomic mass is 10.1. The van der Waals surface area contributed by atoms with E-state index in [-0.39, 0.29) is 10.9 Å². The van der Waals surface area contributed by atoms with Gasteiger partial charge < -0.3 is 5.73 Å². The number of nitrogens with zero attached hydrogens (tertiary/aromatic N) is 1. The molecule has 1 heterocycles. The predicted octanol–water partition coefficient (Wildman–Crippen LogP) is 1.99. The second kappa shape index (κ2) is 6.65. The van der Waals surface area contributed by atoms with Gasteiger partial charge in [0.2, 0.25) is 10.0 Å². The molecule has 0 amide bonds. The van der Waals surface area contributed by atoms with Crippen LogP contribution in [0.2, 0.25) is 0 Å². The van der Waals surface area contributed by atoms with Gasteiger partial charge in [0, 0.05) is 24.4 Å². The number of hydrogen-bond acceptors (Lipinski definition) is 5. The van der Waals surface area contributed by atoms with Crippen molar-refractivity contribution in [3.05, 3.63) is 45.9 Å². The summed E-state index contributed by atoms with van der Waals surface area (Å²) in [6.45, 7) is 4.12. The van der Waals surface area contributed by atoms with Gasteiger partial charge in [0.05, 0.1) is 15.6 Å². The molecule has 2 aromatic rings. The maximum absolute atomic E-state index is 12.1. The van der Waals surface area contributed by atoms with Gasteiger partial charge in [-0.15, -0.1) is 11.3 Å². The molecule has 7 heteroatoms. The van der Waals surface area contributed by atoms with E-state index in [9.17, 15) is 8.42 Å². The Morgan fingerprint density at radius 3 is 2.52 bits per heavy atom. The first kappa shape index (κ1) is 16.1. The summed E-state index contributed by atoms with van der Waals surface area (Å²) < 4.78 is 26.9. The lowest BCUT2D eigenvalue weighted by Gasteiger charge is -2.08. The topological polar surface area (TPSA) is 85.1 Å². The van der Waals surface area contributed by atoms with Gasteiger partial charge in [-0.3, -0.25) is 0 Å². The maximum atomic E-state index is 12.1. The van der Waals surface area contributed by atoms with Crippen LogP contribution in [0.4, 0.5) is 0 Å². The summed E-state index contributed by atoms with van der Waals surface area (Å²) in [7, 11) is -3.48. The summed E-state index contributed by atoms with van der Waals surface area (Å²) in [4.78, 5) is 4.56. The SMILES string of the molecule is Cc1nc(CCNS(=O)(=O)c2ccc(C(C)N)cc2)cs1. The van der Waals surface area contributed by atoms with Crippen LogP contribution in [-0.2, 0) is 16.4 Å². The van der Waals surface area contributed by atoms with Crippen molar-refractivity contribution >= 4 is 21.4 Å². The minimum atomic E-state index is -3.48. The van der Waals surface area contributed by atoms with Crippen LogP contribution in [0.1, 0.15) is 29.2 Å². The van der Waals surface area contributed by atoms with E-state index in [1.807, 2.05) is 19.2 Å². The van der Waals surface area contributed by atoms with Crippen LogP contribution in [-0.4, -0.2) is 19.9 Å². The molecule has 0 aliphatic heterocycles. The molecule has 0 fully saturated rings. The monoisotopic (exact) mass is 325 g/mol. The predicted molar refractivity (Wildman–Crippen MR) is 84.8 cm³/mol. The van der Waals surface area contributed by atoms with E-state index in [0.717, 1.165) is 16.3 Å². The van der Waals surface area contributed by atoms with Gasteiger partial charge in [-0.1, -0.05) is 12.1 Å². The highest BCUT2D eigenvalue weighted by atomic mass is 32.2. The Morgan fingerprint density at radius 1 is 1.33 bits per heavy atom. The van der Waals surface area contributed by atoms with Crippen LogP contribution >= 0.6 is 11.3 Å². The molecule has 2 rings (SSSR count). The van der Waals surface area contributed by atoms with E-state index in [4.69, 9.17) is 5.73 Å². The summed E-state index contributed by atoms with van der Waals surface area (Å²) >= 11 is 1.56. The smallest absolute Gasteiger partial charge is 0.240 e. The van der Waals surface area contributed by atoms with Crippen molar-refractivity contribution in [1.29, 1.82) is 0 Å². The molecule has 0 saturated heterocycles. The summed E-state index contributed by atoms with van der Waals surface area (Å²) in [6, 6.07) is 6.52. The van der Waals surface area contributed by atoms with Gasteiger partial charge in [-0.25, -0.2) is 18.1 Å². The molecule has 21 heavy (non-hydrogen) atoms. The first-order valence-electron chi connectivity index (χ1n) is 6.65. The fourth-order valence-electron chi connectivity index (χ4n) is 1.87. The number of aryl methyl sites for hydroxylation is 1. The van der Waals surface area contributed by atoms with E-state index in [1.54, 1.807) is 35.6 Å². The Hall–Kier alpha value is -1.28. The van der Waals surface area contributed by atoms with Crippen LogP contribution in [0.3, 0.4) is 0 Å². The van der Waals surface area contributed by atoms with Crippen molar-refractivity contribution in [2.75, 3.05) is 6.54 Å². The molecule has 1 unspecified atom stereocenters. The zero-order chi connectivity index (χ0) is 15.5. The molecule has 5 nitrogen and oxygen atoms in total. The van der Waals surface area contributed by atoms with Gasteiger partial charge in [0.25, 0.3) is 0 Å². The Kier molecular flexibility index (Phi) is 5.10. The van der Waals surface area contributed by atoms with Crippen molar-refractivity contribution in [3.63, 3.8) is 0 Å². The molecule has 0 radical (unpaired) electrons. The number of nitrogens with one attached hydrogen (secondary N) is 1. The van der Waals surface area contributed by atoms with Gasteiger partial charge in [-0.2, -0.15) is 0 Å². The Balaban J connectivity index is 1.97. The van der Waals surface area contributed by atoms with E-state index in [2.05, 4.69) is 9.71 Å². The molecule has 0 aliphatic rings. The van der Waals surface area contributed by atoms with Gasteiger partial charge in [-0.05, 0) is 31.5 Å². The third-order valence-corrected chi connectivity index (χ3v) is 5.36. The minimum Gasteiger partial charge on any atom is -0.324 e. The molecule has 0 saturated carbocycles.